The van der Waals surface area contributed by atoms with Gasteiger partial charge in [0.25, 0.3) is 0 Å². The molecule has 2 N–H and O–H groups in total. The number of pyridine rings is 1. The number of carbonyl (C=O) groups excluding carboxylic acids is 1. The summed E-state index contributed by atoms with van der Waals surface area (Å²) in [5.74, 6) is -0.265. The molecule has 6 nitrogen and oxygen atoms in total. The van der Waals surface area contributed by atoms with Gasteiger partial charge in [-0.05, 0) is 24.0 Å². The Balaban J connectivity index is 2.30. The van der Waals surface area contributed by atoms with Crippen LogP contribution in [0.4, 0.5) is 13.2 Å². The van der Waals surface area contributed by atoms with Crippen LogP contribution in [0.2, 0.25) is 0 Å². The summed E-state index contributed by atoms with van der Waals surface area (Å²) in [5.41, 5.74) is 1.17. The van der Waals surface area contributed by atoms with Crippen molar-refractivity contribution in [2.75, 3.05) is 13.7 Å². The average molecular weight is 434 g/mol. The molecule has 2 atom stereocenters. The van der Waals surface area contributed by atoms with E-state index in [0.29, 0.717) is 17.1 Å². The monoisotopic (exact) mass is 434 g/mol. The van der Waals surface area contributed by atoms with Crippen molar-refractivity contribution in [2.24, 2.45) is 5.92 Å². The molecule has 1 amide bonds. The summed E-state index contributed by atoms with van der Waals surface area (Å²) >= 11 is 0. The number of nitriles is 1. The van der Waals surface area contributed by atoms with Crippen molar-refractivity contribution in [3.8, 4) is 23.2 Å². The molecule has 0 aliphatic carbocycles. The van der Waals surface area contributed by atoms with Crippen molar-refractivity contribution in [3.63, 3.8) is 0 Å². The number of benzene rings is 1. The topological polar surface area (TPSA) is 87.0 Å². The van der Waals surface area contributed by atoms with Gasteiger partial charge in [-0.1, -0.05) is 44.2 Å². The first-order valence-electron chi connectivity index (χ1n) is 9.74. The highest BCUT2D eigenvalue weighted by molar-refractivity contribution is 5.82. The molecule has 0 aliphatic rings. The molecule has 31 heavy (non-hydrogen) atoms. The van der Waals surface area contributed by atoms with Crippen LogP contribution in [-0.4, -0.2) is 36.8 Å². The summed E-state index contributed by atoms with van der Waals surface area (Å²) in [6, 6.07) is 9.58. The van der Waals surface area contributed by atoms with Crippen molar-refractivity contribution in [3.05, 3.63) is 48.0 Å². The molecule has 1 aromatic heterocycles. The number of amides is 1. The Bertz CT molecular complexity index is 908. The average Bonchev–Trinajstić information content (AvgIpc) is 2.74. The van der Waals surface area contributed by atoms with Crippen LogP contribution in [-0.2, 0) is 4.79 Å². The van der Waals surface area contributed by atoms with Gasteiger partial charge in [-0.3, -0.25) is 10.1 Å². The molecule has 0 spiro atoms. The van der Waals surface area contributed by atoms with Crippen molar-refractivity contribution in [1.82, 2.24) is 15.6 Å². The van der Waals surface area contributed by atoms with E-state index in [-0.39, 0.29) is 24.4 Å². The van der Waals surface area contributed by atoms with Gasteiger partial charge >= 0.3 is 6.18 Å². The first kappa shape index (κ1) is 24.2. The third kappa shape index (κ3) is 6.96. The summed E-state index contributed by atoms with van der Waals surface area (Å²) in [4.78, 5) is 16.6. The number of hydrogen-bond donors (Lipinski definition) is 2. The molecule has 0 saturated carbocycles. The largest absolute Gasteiger partial charge is 0.481 e. The maximum atomic E-state index is 13.9. The molecule has 0 bridgehead atoms. The zero-order valence-electron chi connectivity index (χ0n) is 17.5. The first-order valence-corrected chi connectivity index (χ1v) is 9.74. The molecule has 9 heteroatoms. The van der Waals surface area contributed by atoms with E-state index in [1.54, 1.807) is 36.4 Å². The second-order valence-electron chi connectivity index (χ2n) is 7.39. The molecular weight excluding hydrogens is 409 g/mol. The molecule has 0 fully saturated rings. The van der Waals surface area contributed by atoms with Gasteiger partial charge < -0.3 is 10.1 Å². The fourth-order valence-corrected chi connectivity index (χ4v) is 3.09. The Kier molecular flexibility index (Phi) is 8.39. The number of methoxy groups -OCH3 is 1. The van der Waals surface area contributed by atoms with Crippen molar-refractivity contribution < 1.29 is 22.7 Å². The van der Waals surface area contributed by atoms with Gasteiger partial charge in [0.05, 0.1) is 24.9 Å². The van der Waals surface area contributed by atoms with Gasteiger partial charge in [0, 0.05) is 11.6 Å². The fraction of sp³-hybridized carbons (Fsp3) is 0.409. The summed E-state index contributed by atoms with van der Waals surface area (Å²) < 4.78 is 46.7. The van der Waals surface area contributed by atoms with Crippen LogP contribution in [0.25, 0.3) is 11.3 Å². The van der Waals surface area contributed by atoms with Crippen LogP contribution >= 0.6 is 0 Å². The van der Waals surface area contributed by atoms with Crippen LogP contribution in [0.3, 0.4) is 0 Å². The highest BCUT2D eigenvalue weighted by Gasteiger charge is 2.42. The lowest BCUT2D eigenvalue weighted by atomic mass is 9.98. The molecular formula is C22H25F3N4O2. The smallest absolute Gasteiger partial charge is 0.407 e. The molecule has 1 heterocycles. The number of carbonyl (C=O) groups is 1. The summed E-state index contributed by atoms with van der Waals surface area (Å²) in [6.07, 6.45) is -4.43. The van der Waals surface area contributed by atoms with E-state index in [1.807, 2.05) is 13.8 Å². The lowest BCUT2D eigenvalue weighted by Gasteiger charge is -2.28. The Morgan fingerprint density at radius 3 is 2.42 bits per heavy atom. The van der Waals surface area contributed by atoms with Crippen molar-refractivity contribution >= 4 is 5.91 Å². The maximum Gasteiger partial charge on any atom is 0.407 e. The van der Waals surface area contributed by atoms with E-state index < -0.39 is 24.2 Å². The third-order valence-corrected chi connectivity index (χ3v) is 4.53. The van der Waals surface area contributed by atoms with Crippen LogP contribution in [0.5, 0.6) is 5.88 Å². The number of nitrogens with one attached hydrogen (secondary N) is 2. The molecule has 0 saturated heterocycles. The Hall–Kier alpha value is -3.12. The summed E-state index contributed by atoms with van der Waals surface area (Å²) in [5, 5.41) is 13.4. The number of aromatic nitrogens is 1. The van der Waals surface area contributed by atoms with Gasteiger partial charge in [0.2, 0.25) is 11.8 Å². The SMILES string of the molecule is COc1cccc(-c2ccc([C@H](N[C@@H](CC(C)C)C(=O)NCC#N)C(F)(F)F)cc2)n1. The van der Waals surface area contributed by atoms with Gasteiger partial charge in [-0.15, -0.1) is 0 Å². The van der Waals surface area contributed by atoms with E-state index in [1.165, 1.54) is 19.2 Å². The van der Waals surface area contributed by atoms with E-state index in [0.717, 1.165) is 0 Å². The summed E-state index contributed by atoms with van der Waals surface area (Å²) in [7, 11) is 1.48. The molecule has 166 valence electrons. The number of ether oxygens (including phenoxy) is 1. The third-order valence-electron chi connectivity index (χ3n) is 4.53. The van der Waals surface area contributed by atoms with E-state index in [4.69, 9.17) is 10.00 Å². The highest BCUT2D eigenvalue weighted by Crippen LogP contribution is 2.34. The quantitative estimate of drug-likeness (QED) is 0.583. The Morgan fingerprint density at radius 1 is 1.19 bits per heavy atom. The molecule has 2 rings (SSSR count). The van der Waals surface area contributed by atoms with Crippen molar-refractivity contribution in [2.45, 2.75) is 38.5 Å². The molecule has 0 unspecified atom stereocenters. The maximum absolute atomic E-state index is 13.9. The molecule has 2 aromatic rings. The fourth-order valence-electron chi connectivity index (χ4n) is 3.09. The van der Waals surface area contributed by atoms with Gasteiger partial charge in [-0.2, -0.15) is 18.4 Å². The van der Waals surface area contributed by atoms with Crippen LogP contribution in [0.1, 0.15) is 31.9 Å². The standard InChI is InChI=1S/C22H25F3N4O2/c1-14(2)13-18(21(30)27-12-11-26)29-20(22(23,24)25)16-9-7-15(8-10-16)17-5-4-6-19(28-17)31-3/h4-10,14,18,20,29H,12-13H2,1-3H3,(H,27,30)/t18-,20-/m0/s1. The zero-order chi connectivity index (χ0) is 23.0. The lowest BCUT2D eigenvalue weighted by molar-refractivity contribution is -0.161. The zero-order valence-corrected chi connectivity index (χ0v) is 17.5. The Labute approximate surface area is 179 Å². The number of hydrogen-bond acceptors (Lipinski definition) is 5. The molecule has 1 aromatic carbocycles. The number of rotatable bonds is 9. The first-order chi connectivity index (χ1) is 14.7. The lowest BCUT2D eigenvalue weighted by Crippen LogP contribution is -2.49. The second-order valence-corrected chi connectivity index (χ2v) is 7.39. The van der Waals surface area contributed by atoms with Gasteiger partial charge in [-0.25, -0.2) is 4.98 Å². The predicted molar refractivity (Wildman–Crippen MR) is 110 cm³/mol. The minimum Gasteiger partial charge on any atom is -0.481 e. The van der Waals surface area contributed by atoms with E-state index >= 15 is 0 Å². The van der Waals surface area contributed by atoms with E-state index in [2.05, 4.69) is 15.6 Å². The van der Waals surface area contributed by atoms with Crippen molar-refractivity contribution in [1.29, 1.82) is 5.26 Å². The predicted octanol–water partition coefficient (Wildman–Crippen LogP) is 4.00. The normalized spacial score (nSPS) is 13.4. The van der Waals surface area contributed by atoms with Crippen LogP contribution in [0, 0.1) is 17.2 Å². The van der Waals surface area contributed by atoms with Gasteiger partial charge in [0.15, 0.2) is 0 Å². The molecule has 0 aliphatic heterocycles. The number of nitrogens with zero attached hydrogens (tertiary/aromatic N) is 2. The molecule has 0 radical (unpaired) electrons. The van der Waals surface area contributed by atoms with E-state index in [9.17, 15) is 18.0 Å². The summed E-state index contributed by atoms with van der Waals surface area (Å²) in [6.45, 7) is 3.35. The van der Waals surface area contributed by atoms with Gasteiger partial charge in [0.1, 0.15) is 12.6 Å². The Morgan fingerprint density at radius 2 is 1.87 bits per heavy atom. The number of halogens is 3. The highest BCUT2D eigenvalue weighted by atomic mass is 19.4. The minimum absolute atomic E-state index is 0.0269. The van der Waals surface area contributed by atoms with Crippen LogP contribution in [0.15, 0.2) is 42.5 Å². The minimum atomic E-state index is -4.62. The second kappa shape index (κ2) is 10.8. The van der Waals surface area contributed by atoms with Crippen LogP contribution < -0.4 is 15.4 Å². The number of alkyl halides is 3.